The second-order valence-corrected chi connectivity index (χ2v) is 12.3. The van der Waals surface area contributed by atoms with E-state index in [1.165, 1.54) is 29.2 Å². The van der Waals surface area contributed by atoms with Crippen LogP contribution >= 0.6 is 11.6 Å². The van der Waals surface area contributed by atoms with E-state index in [-0.39, 0.29) is 29.0 Å². The molecule has 10 heteroatoms. The zero-order valence-electron chi connectivity index (χ0n) is 23.1. The van der Waals surface area contributed by atoms with Crippen LogP contribution in [0, 0.1) is 18.7 Å². The van der Waals surface area contributed by atoms with Crippen molar-refractivity contribution in [2.75, 3.05) is 17.4 Å². The maximum absolute atomic E-state index is 14.0. The van der Waals surface area contributed by atoms with Gasteiger partial charge in [0, 0.05) is 18.1 Å². The predicted octanol–water partition coefficient (Wildman–Crippen LogP) is 5.56. The summed E-state index contributed by atoms with van der Waals surface area (Å²) in [5, 5.41) is 3.41. The van der Waals surface area contributed by atoms with Gasteiger partial charge in [-0.3, -0.25) is 13.9 Å². The fourth-order valence-electron chi connectivity index (χ4n) is 4.10. The van der Waals surface area contributed by atoms with E-state index in [9.17, 15) is 22.4 Å². The van der Waals surface area contributed by atoms with Crippen LogP contribution in [0.2, 0.25) is 5.02 Å². The molecule has 0 aliphatic heterocycles. The average Bonchev–Trinajstić information content (AvgIpc) is 2.92. The molecule has 0 heterocycles. The summed E-state index contributed by atoms with van der Waals surface area (Å²) in [5.74, 6) is -1.25. The second-order valence-electron chi connectivity index (χ2n) is 10.0. The number of anilines is 1. The summed E-state index contributed by atoms with van der Waals surface area (Å²) in [6, 6.07) is 17.2. The van der Waals surface area contributed by atoms with Crippen LogP contribution in [0.1, 0.15) is 38.3 Å². The van der Waals surface area contributed by atoms with Gasteiger partial charge in [-0.25, -0.2) is 12.8 Å². The fourth-order valence-corrected chi connectivity index (χ4v) is 5.64. The predicted molar refractivity (Wildman–Crippen MR) is 156 cm³/mol. The third kappa shape index (κ3) is 8.05. The minimum atomic E-state index is -4.22. The number of carbonyl (C=O) groups excluding carboxylic acids is 2. The van der Waals surface area contributed by atoms with Crippen molar-refractivity contribution in [1.29, 1.82) is 0 Å². The molecule has 0 saturated heterocycles. The molecule has 1 unspecified atom stereocenters. The van der Waals surface area contributed by atoms with Crippen LogP contribution in [0.15, 0.2) is 77.7 Å². The largest absolute Gasteiger partial charge is 0.354 e. The van der Waals surface area contributed by atoms with Crippen LogP contribution < -0.4 is 9.62 Å². The van der Waals surface area contributed by atoms with Crippen molar-refractivity contribution in [3.8, 4) is 0 Å². The summed E-state index contributed by atoms with van der Waals surface area (Å²) < 4.78 is 42.3. The number of nitrogens with one attached hydrogen (secondary N) is 1. The van der Waals surface area contributed by atoms with Gasteiger partial charge in [0.15, 0.2) is 0 Å². The Labute approximate surface area is 241 Å². The van der Waals surface area contributed by atoms with Gasteiger partial charge in [-0.1, -0.05) is 62.2 Å². The normalized spacial score (nSPS) is 12.2. The number of carbonyl (C=O) groups is 2. The SMILES string of the molecule is CCC(C(=O)NCC(C)C)N(Cc1ccc(Cl)cc1)C(=O)CN(c1ccc(F)cc1)S(=O)(=O)c1ccc(C)cc1. The van der Waals surface area contributed by atoms with E-state index in [0.29, 0.717) is 18.0 Å². The van der Waals surface area contributed by atoms with Crippen LogP contribution in [-0.4, -0.2) is 44.3 Å². The molecule has 0 fully saturated rings. The molecular formula is C30H35ClFN3O4S. The first-order valence-corrected chi connectivity index (χ1v) is 14.9. The zero-order chi connectivity index (χ0) is 29.4. The third-order valence-electron chi connectivity index (χ3n) is 6.34. The summed E-state index contributed by atoms with van der Waals surface area (Å²) in [5.41, 5.74) is 1.72. The Morgan fingerprint density at radius 1 is 0.950 bits per heavy atom. The van der Waals surface area contributed by atoms with Crippen molar-refractivity contribution in [3.05, 3.63) is 94.8 Å². The topological polar surface area (TPSA) is 86.8 Å². The van der Waals surface area contributed by atoms with Gasteiger partial charge >= 0.3 is 0 Å². The summed E-state index contributed by atoms with van der Waals surface area (Å²) in [6.45, 7) is 7.46. The second kappa shape index (κ2) is 13.8. The van der Waals surface area contributed by atoms with Gasteiger partial charge in [0.05, 0.1) is 10.6 Å². The summed E-state index contributed by atoms with van der Waals surface area (Å²) in [6.07, 6.45) is 0.310. The first-order valence-electron chi connectivity index (χ1n) is 13.1. The zero-order valence-corrected chi connectivity index (χ0v) is 24.7. The number of nitrogens with zero attached hydrogens (tertiary/aromatic N) is 2. The quantitative estimate of drug-likeness (QED) is 0.300. The molecule has 0 aliphatic carbocycles. The van der Waals surface area contributed by atoms with Gasteiger partial charge < -0.3 is 10.2 Å². The van der Waals surface area contributed by atoms with E-state index in [2.05, 4.69) is 5.32 Å². The molecule has 1 N–H and O–H groups in total. The highest BCUT2D eigenvalue weighted by molar-refractivity contribution is 7.92. The molecule has 1 atom stereocenters. The molecule has 0 saturated carbocycles. The van der Waals surface area contributed by atoms with E-state index in [4.69, 9.17) is 11.6 Å². The van der Waals surface area contributed by atoms with E-state index >= 15 is 0 Å². The number of hydrogen-bond acceptors (Lipinski definition) is 4. The van der Waals surface area contributed by atoms with Crippen LogP contribution in [0.25, 0.3) is 0 Å². The Morgan fingerprint density at radius 2 is 1.55 bits per heavy atom. The average molecular weight is 588 g/mol. The molecule has 2 amide bonds. The summed E-state index contributed by atoms with van der Waals surface area (Å²) in [7, 11) is -4.22. The van der Waals surface area contributed by atoms with Crippen molar-refractivity contribution in [2.45, 2.75) is 51.6 Å². The number of amides is 2. The highest BCUT2D eigenvalue weighted by Gasteiger charge is 2.33. The van der Waals surface area contributed by atoms with Gasteiger partial charge in [-0.05, 0) is 73.4 Å². The monoisotopic (exact) mass is 587 g/mol. The third-order valence-corrected chi connectivity index (χ3v) is 8.38. The highest BCUT2D eigenvalue weighted by Crippen LogP contribution is 2.25. The Morgan fingerprint density at radius 3 is 2.10 bits per heavy atom. The molecular weight excluding hydrogens is 553 g/mol. The Bertz CT molecular complexity index is 1400. The van der Waals surface area contributed by atoms with Gasteiger partial charge in [-0.2, -0.15) is 0 Å². The number of halogens is 2. The van der Waals surface area contributed by atoms with E-state index in [1.54, 1.807) is 43.3 Å². The number of benzene rings is 3. The molecule has 214 valence electrons. The standard InChI is InChI=1S/C30H35ClFN3O4S/c1-5-28(30(37)33-18-21(2)3)34(19-23-8-10-24(31)11-9-23)29(36)20-35(26-14-12-25(32)13-15-26)40(38,39)27-16-6-22(4)7-17-27/h6-17,21,28H,5,18-20H2,1-4H3,(H,33,37). The van der Waals surface area contributed by atoms with Crippen molar-refractivity contribution in [1.82, 2.24) is 10.2 Å². The van der Waals surface area contributed by atoms with E-state index < -0.39 is 34.3 Å². The number of aryl methyl sites for hydroxylation is 1. The molecule has 0 spiro atoms. The Hall–Kier alpha value is -3.43. The molecule has 0 aromatic heterocycles. The first kappa shape index (κ1) is 31.1. The molecule has 7 nitrogen and oxygen atoms in total. The maximum atomic E-state index is 14.0. The van der Waals surface area contributed by atoms with Gasteiger partial charge in [0.25, 0.3) is 10.0 Å². The lowest BCUT2D eigenvalue weighted by molar-refractivity contribution is -0.140. The van der Waals surface area contributed by atoms with Gasteiger partial charge in [0.1, 0.15) is 18.4 Å². The summed E-state index contributed by atoms with van der Waals surface area (Å²) in [4.78, 5) is 28.6. The van der Waals surface area contributed by atoms with Crippen LogP contribution in [0.5, 0.6) is 0 Å². The Kier molecular flexibility index (Phi) is 10.7. The maximum Gasteiger partial charge on any atom is 0.264 e. The van der Waals surface area contributed by atoms with E-state index in [0.717, 1.165) is 27.6 Å². The molecule has 3 aromatic rings. The lowest BCUT2D eigenvalue weighted by Crippen LogP contribution is -2.52. The van der Waals surface area contributed by atoms with Crippen molar-refractivity contribution >= 4 is 39.1 Å². The summed E-state index contributed by atoms with van der Waals surface area (Å²) >= 11 is 6.04. The van der Waals surface area contributed by atoms with Crippen molar-refractivity contribution in [2.24, 2.45) is 5.92 Å². The first-order chi connectivity index (χ1) is 18.9. The van der Waals surface area contributed by atoms with E-state index in [1.807, 2.05) is 20.8 Å². The minimum absolute atomic E-state index is 0.0128. The number of sulfonamides is 1. The van der Waals surface area contributed by atoms with Crippen LogP contribution in [0.3, 0.4) is 0 Å². The number of rotatable bonds is 12. The molecule has 0 bridgehead atoms. The molecule has 3 aromatic carbocycles. The fraction of sp³-hybridized carbons (Fsp3) is 0.333. The number of hydrogen-bond donors (Lipinski definition) is 1. The highest BCUT2D eigenvalue weighted by atomic mass is 35.5. The lowest BCUT2D eigenvalue weighted by Gasteiger charge is -2.33. The van der Waals surface area contributed by atoms with Crippen LogP contribution in [0.4, 0.5) is 10.1 Å². The lowest BCUT2D eigenvalue weighted by atomic mass is 10.1. The van der Waals surface area contributed by atoms with Crippen molar-refractivity contribution in [3.63, 3.8) is 0 Å². The van der Waals surface area contributed by atoms with Crippen molar-refractivity contribution < 1.29 is 22.4 Å². The Balaban J connectivity index is 2.03. The molecule has 0 aliphatic rings. The molecule has 3 rings (SSSR count). The smallest absolute Gasteiger partial charge is 0.264 e. The van der Waals surface area contributed by atoms with Gasteiger partial charge in [0.2, 0.25) is 11.8 Å². The minimum Gasteiger partial charge on any atom is -0.354 e. The molecule has 0 radical (unpaired) electrons. The molecule has 40 heavy (non-hydrogen) atoms. The van der Waals surface area contributed by atoms with Gasteiger partial charge in [-0.15, -0.1) is 0 Å². The van der Waals surface area contributed by atoms with Crippen LogP contribution in [-0.2, 0) is 26.2 Å².